The van der Waals surface area contributed by atoms with E-state index >= 15 is 0 Å². The van der Waals surface area contributed by atoms with Gasteiger partial charge in [0.05, 0.1) is 17.8 Å². The van der Waals surface area contributed by atoms with Gasteiger partial charge in [-0.2, -0.15) is 0 Å². The van der Waals surface area contributed by atoms with Crippen molar-refractivity contribution in [1.29, 1.82) is 0 Å². The fourth-order valence-corrected chi connectivity index (χ4v) is 4.95. The largest absolute Gasteiger partial charge is 0.465 e. The van der Waals surface area contributed by atoms with Gasteiger partial charge in [0.1, 0.15) is 0 Å². The molecule has 0 heterocycles. The lowest BCUT2D eigenvalue weighted by Gasteiger charge is -2.62. The minimum Gasteiger partial charge on any atom is -0.465 e. The smallest absolute Gasteiger partial charge is 0.302 e. The number of carbonyl (C=O) groups excluding carboxylic acids is 1. The van der Waals surface area contributed by atoms with E-state index < -0.39 is 11.2 Å². The second-order valence-electron chi connectivity index (χ2n) is 6.74. The summed E-state index contributed by atoms with van der Waals surface area (Å²) in [5.41, 5.74) is -1.64. The molecule has 4 rings (SSSR count). The predicted octanol–water partition coefficient (Wildman–Crippen LogP) is 0.996. The normalized spacial score (nSPS) is 51.6. The van der Waals surface area contributed by atoms with E-state index in [-0.39, 0.29) is 11.4 Å². The van der Waals surface area contributed by atoms with Crippen molar-refractivity contribution in [3.63, 3.8) is 0 Å². The number of ether oxygens (including phenoxy) is 1. The quantitative estimate of drug-likeness (QED) is 0.707. The van der Waals surface area contributed by atoms with Gasteiger partial charge in [-0.05, 0) is 38.0 Å². The SMILES string of the molecule is CC(=O)OCC12CC3CC(O)(CC(O)(C3)C1)C2. The molecule has 4 bridgehead atoms. The minimum atomic E-state index is -0.728. The molecule has 0 radical (unpaired) electrons. The molecular formula is C13H20O4. The molecule has 2 atom stereocenters. The molecule has 2 unspecified atom stereocenters. The van der Waals surface area contributed by atoms with E-state index in [0.717, 1.165) is 19.3 Å². The molecule has 4 saturated carbocycles. The van der Waals surface area contributed by atoms with Crippen LogP contribution in [-0.4, -0.2) is 34.0 Å². The Morgan fingerprint density at radius 2 is 1.76 bits per heavy atom. The zero-order chi connectivity index (χ0) is 12.3. The highest BCUT2D eigenvalue weighted by molar-refractivity contribution is 5.65. The third-order valence-electron chi connectivity index (χ3n) is 4.71. The zero-order valence-corrected chi connectivity index (χ0v) is 10.2. The van der Waals surface area contributed by atoms with Crippen molar-refractivity contribution < 1.29 is 19.7 Å². The lowest BCUT2D eigenvalue weighted by atomic mass is 9.46. The molecule has 4 aliphatic rings. The zero-order valence-electron chi connectivity index (χ0n) is 10.2. The Morgan fingerprint density at radius 3 is 2.24 bits per heavy atom. The van der Waals surface area contributed by atoms with Crippen LogP contribution in [0.1, 0.15) is 45.4 Å². The topological polar surface area (TPSA) is 66.8 Å². The van der Waals surface area contributed by atoms with Crippen molar-refractivity contribution in [2.45, 2.75) is 56.7 Å². The highest BCUT2D eigenvalue weighted by Crippen LogP contribution is 2.63. The van der Waals surface area contributed by atoms with Gasteiger partial charge in [-0.3, -0.25) is 4.79 Å². The van der Waals surface area contributed by atoms with Crippen LogP contribution >= 0.6 is 0 Å². The summed E-state index contributed by atoms with van der Waals surface area (Å²) in [5.74, 6) is 0.108. The van der Waals surface area contributed by atoms with Gasteiger partial charge in [-0.15, -0.1) is 0 Å². The molecule has 0 aliphatic heterocycles. The van der Waals surface area contributed by atoms with Crippen molar-refractivity contribution in [2.75, 3.05) is 6.61 Å². The molecule has 96 valence electrons. The van der Waals surface area contributed by atoms with Gasteiger partial charge in [0, 0.05) is 18.8 Å². The van der Waals surface area contributed by atoms with Crippen LogP contribution in [0.2, 0.25) is 0 Å². The van der Waals surface area contributed by atoms with Crippen LogP contribution in [0.15, 0.2) is 0 Å². The average Bonchev–Trinajstić information content (AvgIpc) is 2.08. The number of aliphatic hydroxyl groups is 2. The van der Waals surface area contributed by atoms with Crippen LogP contribution in [0.4, 0.5) is 0 Å². The van der Waals surface area contributed by atoms with Gasteiger partial charge < -0.3 is 14.9 Å². The fourth-order valence-electron chi connectivity index (χ4n) is 4.95. The number of hydrogen-bond donors (Lipinski definition) is 2. The summed E-state index contributed by atoms with van der Waals surface area (Å²) in [5, 5.41) is 21.0. The van der Waals surface area contributed by atoms with Crippen molar-refractivity contribution >= 4 is 5.97 Å². The second kappa shape index (κ2) is 3.23. The summed E-state index contributed by atoms with van der Waals surface area (Å²) in [6.07, 6.45) is 4.43. The maximum Gasteiger partial charge on any atom is 0.302 e. The number of esters is 1. The molecule has 0 spiro atoms. The minimum absolute atomic E-state index is 0.186. The Balaban J connectivity index is 1.84. The molecule has 4 heteroatoms. The fraction of sp³-hybridized carbons (Fsp3) is 0.923. The maximum absolute atomic E-state index is 10.9. The molecule has 0 saturated heterocycles. The molecule has 2 N–H and O–H groups in total. The third-order valence-corrected chi connectivity index (χ3v) is 4.71. The number of carbonyl (C=O) groups is 1. The molecule has 0 aromatic heterocycles. The van der Waals surface area contributed by atoms with Gasteiger partial charge in [0.15, 0.2) is 0 Å². The number of hydrogen-bond acceptors (Lipinski definition) is 4. The van der Waals surface area contributed by atoms with Crippen molar-refractivity contribution in [3.8, 4) is 0 Å². The van der Waals surface area contributed by atoms with Crippen molar-refractivity contribution in [2.24, 2.45) is 11.3 Å². The molecule has 0 aromatic rings. The summed E-state index contributed by atoms with van der Waals surface area (Å²) in [7, 11) is 0. The summed E-state index contributed by atoms with van der Waals surface area (Å²) in [6, 6.07) is 0. The monoisotopic (exact) mass is 240 g/mol. The summed E-state index contributed by atoms with van der Waals surface area (Å²) in [6.45, 7) is 1.76. The summed E-state index contributed by atoms with van der Waals surface area (Å²) >= 11 is 0. The highest BCUT2D eigenvalue weighted by atomic mass is 16.5. The first-order valence-corrected chi connectivity index (χ1v) is 6.40. The van der Waals surface area contributed by atoms with E-state index in [0.29, 0.717) is 31.8 Å². The van der Waals surface area contributed by atoms with Crippen molar-refractivity contribution in [3.05, 3.63) is 0 Å². The van der Waals surface area contributed by atoms with Gasteiger partial charge in [-0.25, -0.2) is 0 Å². The lowest BCUT2D eigenvalue weighted by molar-refractivity contribution is -0.239. The Hall–Kier alpha value is -0.610. The van der Waals surface area contributed by atoms with Crippen LogP contribution in [0.5, 0.6) is 0 Å². The first-order chi connectivity index (χ1) is 7.82. The van der Waals surface area contributed by atoms with Gasteiger partial charge >= 0.3 is 5.97 Å². The van der Waals surface area contributed by atoms with E-state index in [1.165, 1.54) is 6.92 Å². The van der Waals surface area contributed by atoms with Crippen LogP contribution in [-0.2, 0) is 9.53 Å². The molecule has 0 amide bonds. The third kappa shape index (κ3) is 1.87. The van der Waals surface area contributed by atoms with Crippen molar-refractivity contribution in [1.82, 2.24) is 0 Å². The molecule has 17 heavy (non-hydrogen) atoms. The van der Waals surface area contributed by atoms with E-state index in [2.05, 4.69) is 0 Å². The standard InChI is InChI=1S/C13H20O4/c1-9(14)17-8-11-2-10-3-12(15,5-11)7-13(16,4-10)6-11/h10,15-16H,2-8H2,1H3. The Labute approximate surface area is 101 Å². The Bertz CT molecular complexity index is 346. The highest BCUT2D eigenvalue weighted by Gasteiger charge is 2.62. The number of rotatable bonds is 2. The average molecular weight is 240 g/mol. The van der Waals surface area contributed by atoms with Gasteiger partial charge in [-0.1, -0.05) is 0 Å². The lowest BCUT2D eigenvalue weighted by Crippen LogP contribution is -2.64. The van der Waals surface area contributed by atoms with Crippen LogP contribution < -0.4 is 0 Å². The maximum atomic E-state index is 10.9. The molecule has 4 aliphatic carbocycles. The van der Waals surface area contributed by atoms with Gasteiger partial charge in [0.2, 0.25) is 0 Å². The summed E-state index contributed by atoms with van der Waals surface area (Å²) < 4.78 is 5.16. The van der Waals surface area contributed by atoms with E-state index in [1.807, 2.05) is 0 Å². The van der Waals surface area contributed by atoms with E-state index in [1.54, 1.807) is 0 Å². The second-order valence-corrected chi connectivity index (χ2v) is 6.74. The van der Waals surface area contributed by atoms with Crippen LogP contribution in [0.25, 0.3) is 0 Å². The first-order valence-electron chi connectivity index (χ1n) is 6.40. The van der Waals surface area contributed by atoms with E-state index in [9.17, 15) is 15.0 Å². The molecular weight excluding hydrogens is 220 g/mol. The first kappa shape index (κ1) is 11.5. The predicted molar refractivity (Wildman–Crippen MR) is 60.2 cm³/mol. The summed E-state index contributed by atoms with van der Waals surface area (Å²) in [4.78, 5) is 10.9. The Kier molecular flexibility index (Phi) is 2.18. The molecule has 4 nitrogen and oxygen atoms in total. The Morgan fingerprint density at radius 1 is 1.18 bits per heavy atom. The van der Waals surface area contributed by atoms with Crippen LogP contribution in [0, 0.1) is 11.3 Å². The molecule has 0 aromatic carbocycles. The van der Waals surface area contributed by atoms with Crippen LogP contribution in [0.3, 0.4) is 0 Å². The molecule has 4 fully saturated rings. The van der Waals surface area contributed by atoms with E-state index in [4.69, 9.17) is 4.74 Å². The van der Waals surface area contributed by atoms with Gasteiger partial charge in [0.25, 0.3) is 0 Å².